The third kappa shape index (κ3) is 3.00. The van der Waals surface area contributed by atoms with Crippen molar-refractivity contribution in [2.45, 2.75) is 6.92 Å². The number of hydrogen-bond acceptors (Lipinski definition) is 3. The van der Waals surface area contributed by atoms with Gasteiger partial charge in [0.05, 0.1) is 11.4 Å². The number of aromatic nitrogens is 2. The fourth-order valence-corrected chi connectivity index (χ4v) is 2.46. The van der Waals surface area contributed by atoms with Crippen LogP contribution in [0.2, 0.25) is 0 Å². The van der Waals surface area contributed by atoms with E-state index in [0.29, 0.717) is 0 Å². The Hall–Kier alpha value is -2.26. The molecule has 0 saturated carbocycles. The third-order valence-corrected chi connectivity index (χ3v) is 3.78. The van der Waals surface area contributed by atoms with Crippen molar-refractivity contribution in [2.75, 3.05) is 0 Å². The van der Waals surface area contributed by atoms with E-state index in [9.17, 15) is 0 Å². The van der Waals surface area contributed by atoms with Crippen LogP contribution in [-0.4, -0.2) is 9.97 Å². The molecule has 98 valence electrons. The predicted molar refractivity (Wildman–Crippen MR) is 85.5 cm³/mol. The van der Waals surface area contributed by atoms with E-state index in [0.717, 1.165) is 22.5 Å². The van der Waals surface area contributed by atoms with Crippen LogP contribution in [-0.2, 0) is 0 Å². The Morgan fingerprint density at radius 3 is 2.30 bits per heavy atom. The molecule has 2 nitrogen and oxygen atoms in total. The van der Waals surface area contributed by atoms with Gasteiger partial charge in [0.15, 0.2) is 0 Å². The molecule has 0 saturated heterocycles. The number of pyridine rings is 2. The molecule has 0 aliphatic rings. The first kappa shape index (κ1) is 12.8. The van der Waals surface area contributed by atoms with Gasteiger partial charge in [-0.25, -0.2) is 0 Å². The van der Waals surface area contributed by atoms with Gasteiger partial charge in [0.1, 0.15) is 0 Å². The lowest BCUT2D eigenvalue weighted by molar-refractivity contribution is 1.22. The molecule has 0 N–H and O–H groups in total. The number of rotatable bonds is 3. The average molecular weight is 278 g/mol. The second-order valence-electron chi connectivity index (χ2n) is 4.55. The topological polar surface area (TPSA) is 25.8 Å². The van der Waals surface area contributed by atoms with E-state index in [-0.39, 0.29) is 0 Å². The van der Waals surface area contributed by atoms with E-state index in [1.807, 2.05) is 31.5 Å². The average Bonchev–Trinajstić information content (AvgIpc) is 3.00. The molecule has 0 atom stereocenters. The van der Waals surface area contributed by atoms with Crippen LogP contribution in [0.25, 0.3) is 23.5 Å². The van der Waals surface area contributed by atoms with Gasteiger partial charge < -0.3 is 0 Å². The molecular weight excluding hydrogens is 264 g/mol. The summed E-state index contributed by atoms with van der Waals surface area (Å²) in [6.45, 7) is 2.03. The highest BCUT2D eigenvalue weighted by atomic mass is 32.1. The lowest BCUT2D eigenvalue weighted by Gasteiger charge is -2.01. The standard InChI is InChI=1S/C17H14N2S/c1-13-4-8-16(18-11-13)17-9-6-14(12-19-17)5-7-15-3-2-10-20-15/h2-12H,1H3/b7-5+. The number of aryl methyl sites for hydroxylation is 1. The van der Waals surface area contributed by atoms with Crippen molar-refractivity contribution in [1.82, 2.24) is 9.97 Å². The van der Waals surface area contributed by atoms with Gasteiger partial charge >= 0.3 is 0 Å². The third-order valence-electron chi connectivity index (χ3n) is 2.94. The molecule has 0 aliphatic carbocycles. The highest BCUT2D eigenvalue weighted by molar-refractivity contribution is 7.10. The Bertz CT molecular complexity index is 696. The van der Waals surface area contributed by atoms with Gasteiger partial charge in [0.25, 0.3) is 0 Å². The van der Waals surface area contributed by atoms with Crippen molar-refractivity contribution in [3.63, 3.8) is 0 Å². The van der Waals surface area contributed by atoms with Crippen LogP contribution in [0.1, 0.15) is 16.0 Å². The van der Waals surface area contributed by atoms with Crippen molar-refractivity contribution in [3.8, 4) is 11.4 Å². The highest BCUT2D eigenvalue weighted by Crippen LogP contribution is 2.17. The summed E-state index contributed by atoms with van der Waals surface area (Å²) in [5.41, 5.74) is 4.06. The Morgan fingerprint density at radius 1 is 0.900 bits per heavy atom. The van der Waals surface area contributed by atoms with Gasteiger partial charge in [-0.05, 0) is 47.7 Å². The van der Waals surface area contributed by atoms with E-state index < -0.39 is 0 Å². The summed E-state index contributed by atoms with van der Waals surface area (Å²) < 4.78 is 0. The molecule has 3 heterocycles. The van der Waals surface area contributed by atoms with Gasteiger partial charge in [0, 0.05) is 17.3 Å². The molecule has 0 fully saturated rings. The first-order chi connectivity index (χ1) is 9.81. The summed E-state index contributed by atoms with van der Waals surface area (Å²) >= 11 is 1.73. The molecule has 0 bridgehead atoms. The van der Waals surface area contributed by atoms with Crippen molar-refractivity contribution in [2.24, 2.45) is 0 Å². The van der Waals surface area contributed by atoms with E-state index in [2.05, 4.69) is 51.8 Å². The van der Waals surface area contributed by atoms with E-state index in [4.69, 9.17) is 0 Å². The van der Waals surface area contributed by atoms with Crippen LogP contribution in [0, 0.1) is 6.92 Å². The summed E-state index contributed by atoms with van der Waals surface area (Å²) in [6.07, 6.45) is 7.92. The zero-order valence-electron chi connectivity index (χ0n) is 11.2. The largest absolute Gasteiger partial charge is 0.254 e. The Labute approximate surface area is 122 Å². The maximum atomic E-state index is 4.47. The van der Waals surface area contributed by atoms with Gasteiger partial charge in [-0.3, -0.25) is 9.97 Å². The molecule has 0 amide bonds. The van der Waals surface area contributed by atoms with Crippen molar-refractivity contribution in [1.29, 1.82) is 0 Å². The molecule has 20 heavy (non-hydrogen) atoms. The molecule has 3 heteroatoms. The summed E-state index contributed by atoms with van der Waals surface area (Å²) in [4.78, 5) is 10.1. The van der Waals surface area contributed by atoms with E-state index >= 15 is 0 Å². The summed E-state index contributed by atoms with van der Waals surface area (Å²) in [6, 6.07) is 12.3. The Kier molecular flexibility index (Phi) is 3.70. The SMILES string of the molecule is Cc1ccc(-c2ccc(/C=C/c3cccs3)cn2)nc1. The fourth-order valence-electron chi connectivity index (χ4n) is 1.84. The Balaban J connectivity index is 1.79. The Morgan fingerprint density at radius 2 is 1.70 bits per heavy atom. The number of thiophene rings is 1. The van der Waals surface area contributed by atoms with Crippen LogP contribution in [0.4, 0.5) is 0 Å². The van der Waals surface area contributed by atoms with Crippen molar-refractivity contribution < 1.29 is 0 Å². The molecule has 3 rings (SSSR count). The number of nitrogens with zero attached hydrogens (tertiary/aromatic N) is 2. The molecule has 0 radical (unpaired) electrons. The first-order valence-corrected chi connectivity index (χ1v) is 7.30. The lowest BCUT2D eigenvalue weighted by atomic mass is 10.2. The monoisotopic (exact) mass is 278 g/mol. The maximum Gasteiger partial charge on any atom is 0.0886 e. The predicted octanol–water partition coefficient (Wildman–Crippen LogP) is 4.68. The van der Waals surface area contributed by atoms with Gasteiger partial charge in [-0.2, -0.15) is 0 Å². The minimum absolute atomic E-state index is 0.901. The normalized spacial score (nSPS) is 11.1. The molecular formula is C17H14N2S. The van der Waals surface area contributed by atoms with Crippen molar-refractivity contribution >= 4 is 23.5 Å². The van der Waals surface area contributed by atoms with Crippen LogP contribution in [0.5, 0.6) is 0 Å². The van der Waals surface area contributed by atoms with Crippen molar-refractivity contribution in [3.05, 3.63) is 70.2 Å². The minimum atomic E-state index is 0.901. The molecule has 0 aliphatic heterocycles. The van der Waals surface area contributed by atoms with Crippen LogP contribution < -0.4 is 0 Å². The van der Waals surface area contributed by atoms with Crippen LogP contribution in [0.15, 0.2) is 54.2 Å². The van der Waals surface area contributed by atoms with Crippen LogP contribution >= 0.6 is 11.3 Å². The molecule has 3 aromatic rings. The van der Waals surface area contributed by atoms with Gasteiger partial charge in [0.2, 0.25) is 0 Å². The maximum absolute atomic E-state index is 4.47. The van der Waals surface area contributed by atoms with Gasteiger partial charge in [-0.15, -0.1) is 11.3 Å². The zero-order chi connectivity index (χ0) is 13.8. The molecule has 3 aromatic heterocycles. The summed E-state index contributed by atoms with van der Waals surface area (Å²) in [5.74, 6) is 0. The quantitative estimate of drug-likeness (QED) is 0.695. The summed E-state index contributed by atoms with van der Waals surface area (Å²) in [5, 5.41) is 2.07. The van der Waals surface area contributed by atoms with Gasteiger partial charge in [-0.1, -0.05) is 24.3 Å². The second kappa shape index (κ2) is 5.80. The zero-order valence-corrected chi connectivity index (χ0v) is 12.0. The lowest BCUT2D eigenvalue weighted by Crippen LogP contribution is -1.87. The van der Waals surface area contributed by atoms with E-state index in [1.54, 1.807) is 11.3 Å². The summed E-state index contributed by atoms with van der Waals surface area (Å²) in [7, 11) is 0. The first-order valence-electron chi connectivity index (χ1n) is 6.42. The molecule has 0 spiro atoms. The fraction of sp³-hybridized carbons (Fsp3) is 0.0588. The smallest absolute Gasteiger partial charge is 0.0886 e. The minimum Gasteiger partial charge on any atom is -0.254 e. The molecule has 0 aromatic carbocycles. The van der Waals surface area contributed by atoms with Crippen LogP contribution in [0.3, 0.4) is 0 Å². The highest BCUT2D eigenvalue weighted by Gasteiger charge is 1.99. The number of hydrogen-bond donors (Lipinski definition) is 0. The molecule has 0 unspecified atom stereocenters. The van der Waals surface area contributed by atoms with E-state index in [1.165, 1.54) is 4.88 Å². The second-order valence-corrected chi connectivity index (χ2v) is 5.53.